The number of likely N-dealkylation sites (N-methyl/N-ethyl adjacent to an activating group) is 1. The average Bonchev–Trinajstić information content (AvgIpc) is 3.05. The molecular weight excluding hydrogens is 442 g/mol. The number of nitrogens with one attached hydrogen (secondary N) is 2. The molecule has 2 aliphatic rings. The summed E-state index contributed by atoms with van der Waals surface area (Å²) in [7, 11) is 1.61. The summed E-state index contributed by atoms with van der Waals surface area (Å²) in [6.07, 6.45) is 2.46. The van der Waals surface area contributed by atoms with Crippen LogP contribution in [0.3, 0.4) is 0 Å². The van der Waals surface area contributed by atoms with Gasteiger partial charge in [-0.1, -0.05) is 6.92 Å². The minimum absolute atomic E-state index is 0.0698. The smallest absolute Gasteiger partial charge is 0.253 e. The van der Waals surface area contributed by atoms with Crippen molar-refractivity contribution in [1.82, 2.24) is 25.4 Å². The minimum Gasteiger partial charge on any atom is -0.380 e. The van der Waals surface area contributed by atoms with Crippen LogP contribution in [0.4, 0.5) is 0 Å². The molecule has 1 atom stereocenters. The Kier molecular flexibility index (Phi) is 8.74. The number of carbonyl (C=O) groups is 3. The second-order valence-corrected chi connectivity index (χ2v) is 8.90. The Hall–Kier alpha value is -2.59. The van der Waals surface area contributed by atoms with Gasteiger partial charge in [0.15, 0.2) is 5.11 Å². The van der Waals surface area contributed by atoms with Gasteiger partial charge in [-0.2, -0.15) is 0 Å². The van der Waals surface area contributed by atoms with Crippen LogP contribution in [0.1, 0.15) is 60.3 Å². The molecule has 33 heavy (non-hydrogen) atoms. The summed E-state index contributed by atoms with van der Waals surface area (Å²) in [5.74, 6) is -0.305. The van der Waals surface area contributed by atoms with Crippen LogP contribution in [0, 0.1) is 6.92 Å². The highest BCUT2D eigenvalue weighted by Gasteiger charge is 2.36. The summed E-state index contributed by atoms with van der Waals surface area (Å²) in [4.78, 5) is 45.6. The van der Waals surface area contributed by atoms with Crippen LogP contribution in [0.15, 0.2) is 12.1 Å². The third-order valence-corrected chi connectivity index (χ3v) is 6.42. The molecule has 0 saturated carbocycles. The molecule has 2 N–H and O–H groups in total. The number of aryl methyl sites for hydroxylation is 1. The van der Waals surface area contributed by atoms with E-state index >= 15 is 0 Å². The molecule has 2 saturated heterocycles. The second kappa shape index (κ2) is 11.5. The van der Waals surface area contributed by atoms with E-state index in [9.17, 15) is 14.4 Å². The van der Waals surface area contributed by atoms with E-state index in [1.807, 2.05) is 26.0 Å². The molecule has 3 heterocycles. The lowest BCUT2D eigenvalue weighted by molar-refractivity contribution is -0.136. The van der Waals surface area contributed by atoms with Gasteiger partial charge in [0.25, 0.3) is 11.8 Å². The Morgan fingerprint density at radius 2 is 2.00 bits per heavy atom. The first-order valence-corrected chi connectivity index (χ1v) is 11.9. The SMILES string of the molecule is CCCOCCNC(=O)c1ccc(C)nc1C1CCN(C(=O)CC2NC(=S)N(C)C2=O)CC1. The fraction of sp³-hybridized carbons (Fsp3) is 0.609. The third kappa shape index (κ3) is 6.26. The molecule has 3 rings (SSSR count). The zero-order valence-corrected chi connectivity index (χ0v) is 20.4. The molecule has 0 bridgehead atoms. The van der Waals surface area contributed by atoms with Crippen LogP contribution in [0.5, 0.6) is 0 Å². The van der Waals surface area contributed by atoms with E-state index in [-0.39, 0.29) is 30.1 Å². The zero-order valence-electron chi connectivity index (χ0n) is 19.6. The van der Waals surface area contributed by atoms with Crippen molar-refractivity contribution < 1.29 is 19.1 Å². The number of amides is 3. The number of hydrogen-bond acceptors (Lipinski definition) is 6. The van der Waals surface area contributed by atoms with Crippen LogP contribution in [-0.2, 0) is 14.3 Å². The number of ether oxygens (including phenoxy) is 1. The lowest BCUT2D eigenvalue weighted by atomic mass is 9.89. The number of thiocarbonyl (C=S) groups is 1. The summed E-state index contributed by atoms with van der Waals surface area (Å²) >= 11 is 5.09. The molecule has 2 aliphatic heterocycles. The minimum atomic E-state index is -0.595. The molecule has 0 aromatic carbocycles. The van der Waals surface area contributed by atoms with Gasteiger partial charge in [-0.3, -0.25) is 24.3 Å². The summed E-state index contributed by atoms with van der Waals surface area (Å²) in [5, 5.41) is 6.17. The van der Waals surface area contributed by atoms with Crippen LogP contribution < -0.4 is 10.6 Å². The number of carbonyl (C=O) groups excluding carboxylic acids is 3. The van der Waals surface area contributed by atoms with E-state index < -0.39 is 6.04 Å². The largest absolute Gasteiger partial charge is 0.380 e. The second-order valence-electron chi connectivity index (χ2n) is 8.51. The number of likely N-dealkylation sites (tertiary alicyclic amines) is 1. The van der Waals surface area contributed by atoms with Crippen molar-refractivity contribution in [1.29, 1.82) is 0 Å². The van der Waals surface area contributed by atoms with E-state index in [0.29, 0.717) is 56.4 Å². The topological polar surface area (TPSA) is 104 Å². The maximum Gasteiger partial charge on any atom is 0.253 e. The first-order chi connectivity index (χ1) is 15.8. The third-order valence-electron chi connectivity index (χ3n) is 6.03. The van der Waals surface area contributed by atoms with Crippen LogP contribution in [-0.4, -0.2) is 83.6 Å². The van der Waals surface area contributed by atoms with Crippen molar-refractivity contribution in [3.8, 4) is 0 Å². The van der Waals surface area contributed by atoms with Gasteiger partial charge >= 0.3 is 0 Å². The molecule has 2 fully saturated rings. The Morgan fingerprint density at radius 1 is 1.27 bits per heavy atom. The van der Waals surface area contributed by atoms with Gasteiger partial charge in [0.05, 0.1) is 24.3 Å². The predicted octanol–water partition coefficient (Wildman–Crippen LogP) is 1.36. The summed E-state index contributed by atoms with van der Waals surface area (Å²) in [6, 6.07) is 3.08. The highest BCUT2D eigenvalue weighted by molar-refractivity contribution is 7.80. The van der Waals surface area contributed by atoms with Gasteiger partial charge in [-0.05, 0) is 50.5 Å². The number of aromatic nitrogens is 1. The van der Waals surface area contributed by atoms with E-state index in [4.69, 9.17) is 17.0 Å². The molecule has 9 nitrogen and oxygen atoms in total. The molecule has 0 radical (unpaired) electrons. The molecule has 1 unspecified atom stereocenters. The maximum atomic E-state index is 12.8. The fourth-order valence-electron chi connectivity index (χ4n) is 4.14. The first-order valence-electron chi connectivity index (χ1n) is 11.5. The molecule has 3 amide bonds. The summed E-state index contributed by atoms with van der Waals surface area (Å²) in [6.45, 7) is 6.69. The Balaban J connectivity index is 1.57. The highest BCUT2D eigenvalue weighted by Crippen LogP contribution is 2.30. The molecule has 1 aromatic rings. The van der Waals surface area contributed by atoms with Crippen molar-refractivity contribution in [2.45, 2.75) is 51.5 Å². The standard InChI is InChI=1S/C23H33N5O4S/c1-4-12-32-13-9-24-21(30)17-6-5-15(2)25-20(17)16-7-10-28(11-8-16)19(29)14-18-22(31)27(3)23(33)26-18/h5-6,16,18H,4,7-14H2,1-3H3,(H,24,30)(H,26,33). The molecular formula is C23H33N5O4S. The van der Waals surface area contributed by atoms with Crippen molar-refractivity contribution in [3.63, 3.8) is 0 Å². The van der Waals surface area contributed by atoms with Gasteiger partial charge in [0.2, 0.25) is 5.91 Å². The quantitative estimate of drug-likeness (QED) is 0.411. The van der Waals surface area contributed by atoms with E-state index in [0.717, 1.165) is 17.8 Å². The zero-order chi connectivity index (χ0) is 24.0. The molecule has 180 valence electrons. The number of hydrogen-bond donors (Lipinski definition) is 2. The van der Waals surface area contributed by atoms with Crippen LogP contribution in [0.2, 0.25) is 0 Å². The lowest BCUT2D eigenvalue weighted by Crippen LogP contribution is -2.42. The molecule has 10 heteroatoms. The average molecular weight is 476 g/mol. The molecule has 0 spiro atoms. The van der Waals surface area contributed by atoms with Gasteiger partial charge in [-0.25, -0.2) is 0 Å². The Labute approximate surface area is 200 Å². The van der Waals surface area contributed by atoms with Crippen LogP contribution >= 0.6 is 12.2 Å². The predicted molar refractivity (Wildman–Crippen MR) is 128 cm³/mol. The van der Waals surface area contributed by atoms with Crippen LogP contribution in [0.25, 0.3) is 0 Å². The van der Waals surface area contributed by atoms with Gasteiger partial charge < -0.3 is 20.3 Å². The normalized spacial score (nSPS) is 19.1. The summed E-state index contributed by atoms with van der Waals surface area (Å²) < 4.78 is 5.43. The van der Waals surface area contributed by atoms with E-state index in [1.54, 1.807) is 11.9 Å². The van der Waals surface area contributed by atoms with Gasteiger partial charge in [0.1, 0.15) is 6.04 Å². The van der Waals surface area contributed by atoms with Crippen molar-refractivity contribution in [2.24, 2.45) is 0 Å². The molecule has 1 aromatic heterocycles. The first kappa shape index (κ1) is 25.0. The van der Waals surface area contributed by atoms with Gasteiger partial charge in [-0.15, -0.1) is 0 Å². The summed E-state index contributed by atoms with van der Waals surface area (Å²) in [5.41, 5.74) is 2.23. The Morgan fingerprint density at radius 3 is 2.64 bits per heavy atom. The Bertz CT molecular complexity index is 901. The van der Waals surface area contributed by atoms with E-state index in [1.165, 1.54) is 4.90 Å². The van der Waals surface area contributed by atoms with Crippen molar-refractivity contribution in [3.05, 3.63) is 29.1 Å². The number of piperidine rings is 1. The monoisotopic (exact) mass is 475 g/mol. The van der Waals surface area contributed by atoms with Gasteiger partial charge in [0, 0.05) is 44.9 Å². The van der Waals surface area contributed by atoms with Crippen molar-refractivity contribution >= 4 is 35.1 Å². The molecule has 0 aliphatic carbocycles. The maximum absolute atomic E-state index is 12.8. The lowest BCUT2D eigenvalue weighted by Gasteiger charge is -2.33. The number of rotatable bonds is 9. The van der Waals surface area contributed by atoms with Crippen molar-refractivity contribution in [2.75, 3.05) is 39.9 Å². The number of nitrogens with zero attached hydrogens (tertiary/aromatic N) is 3. The number of pyridine rings is 1. The fourth-order valence-corrected chi connectivity index (χ4v) is 4.38. The highest BCUT2D eigenvalue weighted by atomic mass is 32.1. The van der Waals surface area contributed by atoms with E-state index in [2.05, 4.69) is 15.6 Å².